The minimum atomic E-state index is -2.92. The summed E-state index contributed by atoms with van der Waals surface area (Å²) in [5.41, 5.74) is -0.257. The van der Waals surface area contributed by atoms with Crippen LogP contribution in [-0.4, -0.2) is 35.8 Å². The van der Waals surface area contributed by atoms with E-state index >= 15 is 0 Å². The first-order chi connectivity index (χ1) is 12.4. The number of hydrogen-bond donors (Lipinski definition) is 1. The monoisotopic (exact) mass is 366 g/mol. The van der Waals surface area contributed by atoms with Crippen molar-refractivity contribution >= 4 is 23.4 Å². The molecular formula is C18H20F2N2O4. The van der Waals surface area contributed by atoms with Crippen molar-refractivity contribution < 1.29 is 27.9 Å². The molecule has 2 fully saturated rings. The van der Waals surface area contributed by atoms with Crippen molar-refractivity contribution in [2.75, 3.05) is 11.9 Å². The molecular weight excluding hydrogens is 346 g/mol. The molecule has 0 unspecified atom stereocenters. The van der Waals surface area contributed by atoms with E-state index in [2.05, 4.69) is 10.1 Å². The maximum atomic E-state index is 12.7. The van der Waals surface area contributed by atoms with Gasteiger partial charge in [0.2, 0.25) is 17.7 Å². The molecule has 3 amide bonds. The van der Waals surface area contributed by atoms with E-state index in [9.17, 15) is 23.2 Å². The molecule has 8 heteroatoms. The van der Waals surface area contributed by atoms with Gasteiger partial charge in [0.15, 0.2) is 0 Å². The molecule has 1 aromatic carbocycles. The molecule has 1 N–H and O–H groups in total. The third-order valence-corrected chi connectivity index (χ3v) is 4.97. The Balaban J connectivity index is 1.59. The van der Waals surface area contributed by atoms with Gasteiger partial charge in [-0.25, -0.2) is 0 Å². The number of anilines is 1. The van der Waals surface area contributed by atoms with Crippen LogP contribution in [0.15, 0.2) is 24.3 Å². The van der Waals surface area contributed by atoms with E-state index in [1.165, 1.54) is 24.3 Å². The minimum Gasteiger partial charge on any atom is -0.435 e. The van der Waals surface area contributed by atoms with Gasteiger partial charge in [-0.3, -0.25) is 19.3 Å². The highest BCUT2D eigenvalue weighted by atomic mass is 19.3. The highest BCUT2D eigenvalue weighted by molar-refractivity contribution is 6.09. The quantitative estimate of drug-likeness (QED) is 0.813. The maximum absolute atomic E-state index is 12.7. The first-order valence-corrected chi connectivity index (χ1v) is 8.59. The molecule has 3 rings (SSSR count). The zero-order valence-corrected chi connectivity index (χ0v) is 14.2. The van der Waals surface area contributed by atoms with Crippen LogP contribution < -0.4 is 10.1 Å². The summed E-state index contributed by atoms with van der Waals surface area (Å²) in [4.78, 5) is 38.1. The Kier molecular flexibility index (Phi) is 5.20. The van der Waals surface area contributed by atoms with Gasteiger partial charge >= 0.3 is 6.61 Å². The lowest BCUT2D eigenvalue weighted by Gasteiger charge is -2.30. The van der Waals surface area contributed by atoms with Gasteiger partial charge in [-0.05, 0) is 37.1 Å². The molecule has 1 saturated carbocycles. The van der Waals surface area contributed by atoms with E-state index in [1.54, 1.807) is 0 Å². The summed E-state index contributed by atoms with van der Waals surface area (Å²) in [5.74, 6) is -1.10. The first kappa shape index (κ1) is 18.3. The molecule has 26 heavy (non-hydrogen) atoms. The number of halogens is 2. The lowest BCUT2D eigenvalue weighted by Crippen LogP contribution is -2.41. The number of nitrogens with one attached hydrogen (secondary N) is 1. The van der Waals surface area contributed by atoms with Crippen molar-refractivity contribution in [3.05, 3.63) is 24.3 Å². The predicted octanol–water partition coefficient (Wildman–Crippen LogP) is 2.94. The molecule has 0 aromatic heterocycles. The molecule has 0 bridgehead atoms. The first-order valence-electron chi connectivity index (χ1n) is 8.59. The minimum absolute atomic E-state index is 0.0258. The van der Waals surface area contributed by atoms with Crippen LogP contribution in [0, 0.1) is 5.41 Å². The largest absolute Gasteiger partial charge is 0.435 e. The molecule has 1 spiro atoms. The maximum Gasteiger partial charge on any atom is 0.387 e. The van der Waals surface area contributed by atoms with E-state index in [-0.39, 0.29) is 30.5 Å². The fourth-order valence-corrected chi connectivity index (χ4v) is 3.70. The summed E-state index contributed by atoms with van der Waals surface area (Å²) >= 11 is 0. The number of amides is 3. The average molecular weight is 366 g/mol. The highest BCUT2D eigenvalue weighted by Crippen LogP contribution is 2.45. The van der Waals surface area contributed by atoms with E-state index < -0.39 is 17.9 Å². The van der Waals surface area contributed by atoms with Crippen molar-refractivity contribution in [3.8, 4) is 5.75 Å². The fraction of sp³-hybridized carbons (Fsp3) is 0.500. The van der Waals surface area contributed by atoms with Gasteiger partial charge in [-0.1, -0.05) is 19.3 Å². The van der Waals surface area contributed by atoms with Crippen LogP contribution in [0.3, 0.4) is 0 Å². The predicted molar refractivity (Wildman–Crippen MR) is 88.6 cm³/mol. The van der Waals surface area contributed by atoms with Gasteiger partial charge in [0.25, 0.3) is 0 Å². The number of benzene rings is 1. The second-order valence-electron chi connectivity index (χ2n) is 6.75. The third kappa shape index (κ3) is 3.84. The second kappa shape index (κ2) is 7.39. The molecule has 2 aliphatic rings. The Hall–Kier alpha value is -2.51. The molecule has 1 saturated heterocycles. The summed E-state index contributed by atoms with van der Waals surface area (Å²) < 4.78 is 28.5. The van der Waals surface area contributed by atoms with E-state index in [0.29, 0.717) is 18.5 Å². The molecule has 1 aromatic rings. The Morgan fingerprint density at radius 2 is 1.81 bits per heavy atom. The Bertz CT molecular complexity index is 700. The number of ether oxygens (including phenoxy) is 1. The van der Waals surface area contributed by atoms with Crippen LogP contribution in [-0.2, 0) is 14.4 Å². The van der Waals surface area contributed by atoms with Crippen molar-refractivity contribution in [3.63, 3.8) is 0 Å². The summed E-state index contributed by atoms with van der Waals surface area (Å²) in [7, 11) is 0. The van der Waals surface area contributed by atoms with Gasteiger partial charge in [0.1, 0.15) is 12.3 Å². The number of carbonyl (C=O) groups excluding carboxylic acids is 3. The van der Waals surface area contributed by atoms with Crippen LogP contribution >= 0.6 is 0 Å². The number of carbonyl (C=O) groups is 3. The summed E-state index contributed by atoms with van der Waals surface area (Å²) in [6, 6.07) is 5.41. The van der Waals surface area contributed by atoms with Crippen LogP contribution in [0.2, 0.25) is 0 Å². The zero-order valence-electron chi connectivity index (χ0n) is 14.2. The lowest BCUT2D eigenvalue weighted by molar-refractivity contribution is -0.144. The van der Waals surface area contributed by atoms with Crippen molar-refractivity contribution in [2.24, 2.45) is 5.41 Å². The molecule has 140 valence electrons. The van der Waals surface area contributed by atoms with Crippen LogP contribution in [0.1, 0.15) is 38.5 Å². The Labute approximate surface area is 149 Å². The number of likely N-dealkylation sites (tertiary alicyclic amines) is 1. The van der Waals surface area contributed by atoms with Gasteiger partial charge < -0.3 is 10.1 Å². The number of hydrogen-bond acceptors (Lipinski definition) is 4. The molecule has 0 radical (unpaired) electrons. The normalized spacial score (nSPS) is 19.3. The Morgan fingerprint density at radius 3 is 2.42 bits per heavy atom. The fourth-order valence-electron chi connectivity index (χ4n) is 3.70. The Morgan fingerprint density at radius 1 is 1.15 bits per heavy atom. The number of nitrogens with zero attached hydrogens (tertiary/aromatic N) is 1. The van der Waals surface area contributed by atoms with Crippen molar-refractivity contribution in [1.29, 1.82) is 0 Å². The number of rotatable bonds is 5. The molecule has 1 aliphatic carbocycles. The van der Waals surface area contributed by atoms with Crippen LogP contribution in [0.5, 0.6) is 5.75 Å². The van der Waals surface area contributed by atoms with Gasteiger partial charge in [0, 0.05) is 12.1 Å². The second-order valence-corrected chi connectivity index (χ2v) is 6.75. The smallest absolute Gasteiger partial charge is 0.387 e. The van der Waals surface area contributed by atoms with Crippen LogP contribution in [0.4, 0.5) is 14.5 Å². The van der Waals surface area contributed by atoms with Crippen molar-refractivity contribution in [2.45, 2.75) is 45.1 Å². The van der Waals surface area contributed by atoms with E-state index in [1.807, 2.05) is 0 Å². The zero-order chi connectivity index (χ0) is 18.7. The molecule has 0 atom stereocenters. The lowest BCUT2D eigenvalue weighted by atomic mass is 9.73. The standard InChI is InChI=1S/C18H20F2N2O4/c19-17(20)26-13-6-4-12(5-7-13)21-14(23)11-22-15(24)10-18(16(22)25)8-2-1-3-9-18/h4-7,17H,1-3,8-11H2,(H,21,23). The summed E-state index contributed by atoms with van der Waals surface area (Å²) in [5, 5.41) is 2.55. The topological polar surface area (TPSA) is 75.7 Å². The third-order valence-electron chi connectivity index (χ3n) is 4.97. The number of imide groups is 1. The van der Waals surface area contributed by atoms with E-state index in [0.717, 1.165) is 24.2 Å². The van der Waals surface area contributed by atoms with E-state index in [4.69, 9.17) is 0 Å². The van der Waals surface area contributed by atoms with Crippen LogP contribution in [0.25, 0.3) is 0 Å². The van der Waals surface area contributed by atoms with Gasteiger partial charge in [-0.2, -0.15) is 8.78 Å². The molecule has 6 nitrogen and oxygen atoms in total. The summed E-state index contributed by atoms with van der Waals surface area (Å²) in [6.45, 7) is -3.26. The summed E-state index contributed by atoms with van der Waals surface area (Å²) in [6.07, 6.45) is 4.48. The van der Waals surface area contributed by atoms with Gasteiger partial charge in [0.05, 0.1) is 5.41 Å². The average Bonchev–Trinajstić information content (AvgIpc) is 2.81. The SMILES string of the molecule is O=C(CN1C(=O)CC2(CCCCC2)C1=O)Nc1ccc(OC(F)F)cc1. The molecule has 1 heterocycles. The number of alkyl halides is 2. The van der Waals surface area contributed by atoms with Gasteiger partial charge in [-0.15, -0.1) is 0 Å². The highest BCUT2D eigenvalue weighted by Gasteiger charge is 2.51. The van der Waals surface area contributed by atoms with Crippen molar-refractivity contribution in [1.82, 2.24) is 4.90 Å². The molecule has 1 aliphatic heterocycles.